The lowest BCUT2D eigenvalue weighted by Gasteiger charge is -2.42. The summed E-state index contributed by atoms with van der Waals surface area (Å²) in [4.78, 5) is 39.6. The van der Waals surface area contributed by atoms with E-state index in [2.05, 4.69) is 30.0 Å². The summed E-state index contributed by atoms with van der Waals surface area (Å²) in [5.74, 6) is -0.466. The molecule has 1 saturated heterocycles. The maximum atomic E-state index is 12.7. The Labute approximate surface area is 222 Å². The van der Waals surface area contributed by atoms with Crippen LogP contribution >= 0.6 is 23.6 Å². The molecule has 36 heavy (non-hydrogen) atoms. The molecule has 1 aromatic rings. The first-order chi connectivity index (χ1) is 17.1. The number of carboxylic acid groups (broad SMARTS) is 1. The van der Waals surface area contributed by atoms with Gasteiger partial charge in [0.05, 0.1) is 35.7 Å². The first-order valence-electron chi connectivity index (χ1n) is 12.1. The van der Waals surface area contributed by atoms with E-state index in [1.165, 1.54) is 11.3 Å². The Morgan fingerprint density at radius 2 is 2.19 bits per heavy atom. The highest BCUT2D eigenvalue weighted by Crippen LogP contribution is 2.22. The first kappa shape index (κ1) is 28.2. The van der Waals surface area contributed by atoms with Crippen LogP contribution in [0.25, 0.3) is 0 Å². The zero-order valence-corrected chi connectivity index (χ0v) is 23.0. The minimum atomic E-state index is -0.786. The third-order valence-electron chi connectivity index (χ3n) is 6.53. The van der Waals surface area contributed by atoms with Gasteiger partial charge in [0, 0.05) is 50.0 Å². The number of rotatable bonds is 12. The van der Waals surface area contributed by atoms with Gasteiger partial charge in [0.15, 0.2) is 10.8 Å². The molecule has 12 heteroatoms. The van der Waals surface area contributed by atoms with Crippen molar-refractivity contribution in [2.45, 2.75) is 33.2 Å². The maximum absolute atomic E-state index is 12.7. The van der Waals surface area contributed by atoms with Crippen LogP contribution in [0.5, 0.6) is 0 Å². The SMILES string of the molecule is CCOC(=O)C1=C(CN2CCN(C=S)C(CN(C)CCC(C)(C)C(=O)O)C2)NC(c2nccs2)=NC1. The van der Waals surface area contributed by atoms with Crippen molar-refractivity contribution in [1.82, 2.24) is 25.0 Å². The summed E-state index contributed by atoms with van der Waals surface area (Å²) in [7, 11) is 2.01. The van der Waals surface area contributed by atoms with Crippen LogP contribution in [-0.2, 0) is 14.3 Å². The molecule has 0 saturated carbocycles. The largest absolute Gasteiger partial charge is 0.481 e. The number of ether oxygens (including phenoxy) is 1. The Hall–Kier alpha value is -2.41. The molecule has 3 rings (SSSR count). The number of carbonyl (C=O) groups excluding carboxylic acids is 1. The molecule has 0 bridgehead atoms. The molecule has 0 aliphatic carbocycles. The minimum absolute atomic E-state index is 0.150. The van der Waals surface area contributed by atoms with E-state index in [4.69, 9.17) is 17.0 Å². The van der Waals surface area contributed by atoms with Gasteiger partial charge in [0.2, 0.25) is 0 Å². The number of piperazine rings is 1. The summed E-state index contributed by atoms with van der Waals surface area (Å²) in [5.41, 5.74) is 2.28. The van der Waals surface area contributed by atoms with Gasteiger partial charge in [-0.05, 0) is 40.8 Å². The Balaban J connectivity index is 1.68. The second kappa shape index (κ2) is 12.7. The monoisotopic (exact) mass is 536 g/mol. The number of esters is 1. The number of nitrogens with one attached hydrogen (secondary N) is 1. The van der Waals surface area contributed by atoms with E-state index in [1.807, 2.05) is 12.4 Å². The molecule has 10 nitrogen and oxygen atoms in total. The standard InChI is InChI=1S/C24H36N6O4S2/c1-5-34-22(31)18-12-26-20(21-25-7-11-36-21)27-19(18)15-29-9-10-30(16-35)17(14-29)13-28(4)8-6-24(2,3)23(32)33/h7,11,16-17H,5-6,8-10,12-15H2,1-4H3,(H,26,27)(H,32,33). The van der Waals surface area contributed by atoms with Gasteiger partial charge >= 0.3 is 11.9 Å². The number of aliphatic imine (C=N–C) groups is 1. The van der Waals surface area contributed by atoms with Crippen LogP contribution in [0.15, 0.2) is 27.8 Å². The van der Waals surface area contributed by atoms with Crippen molar-refractivity contribution in [2.75, 3.05) is 59.5 Å². The van der Waals surface area contributed by atoms with E-state index in [-0.39, 0.29) is 18.6 Å². The highest BCUT2D eigenvalue weighted by Gasteiger charge is 2.31. The molecule has 0 aromatic carbocycles. The number of likely N-dealkylation sites (N-methyl/N-ethyl adjacent to an activating group) is 1. The predicted octanol–water partition coefficient (Wildman–Crippen LogP) is 1.69. The Bertz CT molecular complexity index is 995. The van der Waals surface area contributed by atoms with E-state index in [1.54, 1.807) is 32.5 Å². The van der Waals surface area contributed by atoms with Gasteiger partial charge in [-0.15, -0.1) is 11.3 Å². The quantitative estimate of drug-likeness (QED) is 0.302. The molecule has 2 aliphatic heterocycles. The molecule has 198 valence electrons. The van der Waals surface area contributed by atoms with Gasteiger partial charge in [-0.25, -0.2) is 9.78 Å². The van der Waals surface area contributed by atoms with Gasteiger partial charge in [-0.2, -0.15) is 0 Å². The number of aromatic nitrogens is 1. The van der Waals surface area contributed by atoms with E-state index < -0.39 is 11.4 Å². The van der Waals surface area contributed by atoms with Gasteiger partial charge in [0.1, 0.15) is 0 Å². The van der Waals surface area contributed by atoms with E-state index in [0.717, 1.165) is 36.9 Å². The van der Waals surface area contributed by atoms with Gasteiger partial charge in [0.25, 0.3) is 0 Å². The van der Waals surface area contributed by atoms with E-state index in [0.29, 0.717) is 37.5 Å². The summed E-state index contributed by atoms with van der Waals surface area (Å²) in [6, 6.07) is 0.150. The molecule has 0 amide bonds. The molecule has 1 atom stereocenters. The lowest BCUT2D eigenvalue weighted by Crippen LogP contribution is -2.57. The van der Waals surface area contributed by atoms with Crippen LogP contribution in [0.4, 0.5) is 0 Å². The van der Waals surface area contributed by atoms with E-state index >= 15 is 0 Å². The van der Waals surface area contributed by atoms with Crippen molar-refractivity contribution in [1.29, 1.82) is 0 Å². The van der Waals surface area contributed by atoms with Crippen LogP contribution in [0.3, 0.4) is 0 Å². The van der Waals surface area contributed by atoms with Crippen LogP contribution in [0.2, 0.25) is 0 Å². The third-order valence-corrected chi connectivity index (χ3v) is 7.59. The molecular formula is C24H36N6O4S2. The highest BCUT2D eigenvalue weighted by molar-refractivity contribution is 7.78. The number of carboxylic acids is 1. The molecular weight excluding hydrogens is 500 g/mol. The fourth-order valence-corrected chi connectivity index (χ4v) is 5.02. The number of nitrogens with zero attached hydrogens (tertiary/aromatic N) is 5. The van der Waals surface area contributed by atoms with Crippen LogP contribution in [0.1, 0.15) is 32.2 Å². The Morgan fingerprint density at radius 1 is 1.42 bits per heavy atom. The van der Waals surface area contributed by atoms with Crippen molar-refractivity contribution in [3.63, 3.8) is 0 Å². The van der Waals surface area contributed by atoms with Crippen LogP contribution in [-0.4, -0.2) is 114 Å². The van der Waals surface area contributed by atoms with Gasteiger partial charge < -0.3 is 25.0 Å². The molecule has 2 aliphatic rings. The number of amidine groups is 1. The van der Waals surface area contributed by atoms with Crippen molar-refractivity contribution in [3.8, 4) is 0 Å². The summed E-state index contributed by atoms with van der Waals surface area (Å²) < 4.78 is 5.29. The molecule has 0 spiro atoms. The predicted molar refractivity (Wildman–Crippen MR) is 144 cm³/mol. The third kappa shape index (κ3) is 7.31. The van der Waals surface area contributed by atoms with Crippen molar-refractivity contribution < 1.29 is 19.4 Å². The topological polar surface area (TPSA) is 111 Å². The smallest absolute Gasteiger partial charge is 0.337 e. The Kier molecular flexibility index (Phi) is 9.94. The average Bonchev–Trinajstić information content (AvgIpc) is 3.38. The van der Waals surface area contributed by atoms with E-state index in [9.17, 15) is 14.7 Å². The van der Waals surface area contributed by atoms with Crippen molar-refractivity contribution in [3.05, 3.63) is 27.9 Å². The molecule has 0 radical (unpaired) electrons. The second-order valence-corrected chi connectivity index (χ2v) is 10.8. The lowest BCUT2D eigenvalue weighted by atomic mass is 9.89. The number of aliphatic carboxylic acids is 1. The lowest BCUT2D eigenvalue weighted by molar-refractivity contribution is -0.147. The highest BCUT2D eigenvalue weighted by atomic mass is 32.1. The molecule has 1 aromatic heterocycles. The molecule has 2 N–H and O–H groups in total. The minimum Gasteiger partial charge on any atom is -0.481 e. The first-order valence-corrected chi connectivity index (χ1v) is 13.5. The summed E-state index contributed by atoms with van der Waals surface area (Å²) >= 11 is 6.78. The van der Waals surface area contributed by atoms with Gasteiger partial charge in [-0.3, -0.25) is 14.7 Å². The zero-order chi connectivity index (χ0) is 26.3. The van der Waals surface area contributed by atoms with Crippen molar-refractivity contribution >= 4 is 46.8 Å². The number of carbonyl (C=O) groups is 2. The number of thiocarbonyl (C=S) groups is 1. The number of thiazole rings is 1. The zero-order valence-electron chi connectivity index (χ0n) is 21.4. The number of hydrogen-bond acceptors (Lipinski definition) is 10. The molecule has 1 unspecified atom stereocenters. The Morgan fingerprint density at radius 3 is 2.83 bits per heavy atom. The van der Waals surface area contributed by atoms with Crippen LogP contribution in [0, 0.1) is 5.41 Å². The van der Waals surface area contributed by atoms with Gasteiger partial charge in [-0.1, -0.05) is 12.2 Å². The van der Waals surface area contributed by atoms with Crippen molar-refractivity contribution in [2.24, 2.45) is 10.4 Å². The fraction of sp³-hybridized carbons (Fsp3) is 0.625. The maximum Gasteiger partial charge on any atom is 0.337 e. The number of hydrogen-bond donors (Lipinski definition) is 2. The average molecular weight is 537 g/mol. The summed E-state index contributed by atoms with van der Waals surface area (Å²) in [5, 5.41) is 15.4. The summed E-state index contributed by atoms with van der Waals surface area (Å²) in [6.07, 6.45) is 2.29. The van der Waals surface area contributed by atoms with Crippen LogP contribution < -0.4 is 5.32 Å². The fourth-order valence-electron chi connectivity index (χ4n) is 4.14. The normalized spacial score (nSPS) is 19.2. The molecule has 3 heterocycles. The summed E-state index contributed by atoms with van der Waals surface area (Å²) in [6.45, 7) is 10.2. The second-order valence-electron chi connectivity index (χ2n) is 9.74. The molecule has 1 fully saturated rings.